The Labute approximate surface area is 97.1 Å². The molecule has 0 saturated heterocycles. The first kappa shape index (κ1) is 11.4. The van der Waals surface area contributed by atoms with E-state index in [2.05, 4.69) is 4.98 Å². The fourth-order valence-electron chi connectivity index (χ4n) is 1.77. The van der Waals surface area contributed by atoms with Crippen molar-refractivity contribution in [2.24, 2.45) is 7.05 Å². The number of carboxylic acid groups (broad SMARTS) is 1. The van der Waals surface area contributed by atoms with Crippen LogP contribution in [0.5, 0.6) is 0 Å². The fourth-order valence-corrected chi connectivity index (χ4v) is 1.77. The highest BCUT2D eigenvalue weighted by molar-refractivity contribution is 5.80. The first-order valence-corrected chi connectivity index (χ1v) is 5.04. The van der Waals surface area contributed by atoms with Gasteiger partial charge in [-0.15, -0.1) is 0 Å². The van der Waals surface area contributed by atoms with E-state index in [1.165, 1.54) is 17.0 Å². The molecule has 1 heterocycles. The number of carbonyl (C=O) groups is 1. The van der Waals surface area contributed by atoms with Crippen molar-refractivity contribution >= 4 is 23.0 Å². The third-order valence-corrected chi connectivity index (χ3v) is 2.53. The summed E-state index contributed by atoms with van der Waals surface area (Å²) in [5, 5.41) is 8.72. The minimum atomic E-state index is -0.939. The highest BCUT2D eigenvalue weighted by atomic mass is 19.1. The molecule has 0 saturated carbocycles. The number of aryl methyl sites for hydroxylation is 1. The number of aromatic nitrogens is 2. The van der Waals surface area contributed by atoms with Gasteiger partial charge in [-0.05, 0) is 18.2 Å². The van der Waals surface area contributed by atoms with Gasteiger partial charge in [-0.25, -0.2) is 9.37 Å². The van der Waals surface area contributed by atoms with Crippen LogP contribution in [0.3, 0.4) is 0 Å². The molecular weight excluding hydrogens is 225 g/mol. The number of halogens is 1. The van der Waals surface area contributed by atoms with Gasteiger partial charge >= 0.3 is 5.97 Å². The number of carboxylic acids is 1. The van der Waals surface area contributed by atoms with Crippen molar-refractivity contribution in [2.45, 2.75) is 0 Å². The molecule has 17 heavy (non-hydrogen) atoms. The molecule has 0 fully saturated rings. The van der Waals surface area contributed by atoms with Crippen LogP contribution < -0.4 is 4.90 Å². The van der Waals surface area contributed by atoms with Crippen molar-refractivity contribution in [1.82, 2.24) is 9.55 Å². The lowest BCUT2D eigenvalue weighted by Gasteiger charge is -2.15. The molecule has 2 rings (SSSR count). The maximum atomic E-state index is 13.1. The number of hydrogen-bond donors (Lipinski definition) is 1. The average molecular weight is 237 g/mol. The van der Waals surface area contributed by atoms with Crippen molar-refractivity contribution in [2.75, 3.05) is 18.5 Å². The summed E-state index contributed by atoms with van der Waals surface area (Å²) >= 11 is 0. The maximum absolute atomic E-state index is 13.1. The monoisotopic (exact) mass is 237 g/mol. The van der Waals surface area contributed by atoms with Crippen molar-refractivity contribution in [3.8, 4) is 0 Å². The van der Waals surface area contributed by atoms with Crippen molar-refractivity contribution in [3.05, 3.63) is 24.0 Å². The smallest absolute Gasteiger partial charge is 0.323 e. The van der Waals surface area contributed by atoms with Crippen LogP contribution in [-0.4, -0.2) is 34.2 Å². The average Bonchev–Trinajstić information content (AvgIpc) is 2.55. The summed E-state index contributed by atoms with van der Waals surface area (Å²) in [6.45, 7) is -0.153. The second-order valence-electron chi connectivity index (χ2n) is 3.85. The largest absolute Gasteiger partial charge is 0.480 e. The van der Waals surface area contributed by atoms with Gasteiger partial charge in [-0.2, -0.15) is 0 Å². The summed E-state index contributed by atoms with van der Waals surface area (Å²) < 4.78 is 14.8. The topological polar surface area (TPSA) is 58.4 Å². The number of hydrogen-bond acceptors (Lipinski definition) is 3. The number of benzene rings is 1. The normalized spacial score (nSPS) is 10.8. The highest BCUT2D eigenvalue weighted by Crippen LogP contribution is 2.21. The Bertz CT molecular complexity index is 579. The van der Waals surface area contributed by atoms with Crippen LogP contribution in [0.1, 0.15) is 0 Å². The highest BCUT2D eigenvalue weighted by Gasteiger charge is 2.14. The van der Waals surface area contributed by atoms with Gasteiger partial charge in [-0.3, -0.25) is 4.79 Å². The van der Waals surface area contributed by atoms with E-state index in [0.717, 1.165) is 0 Å². The molecule has 0 spiro atoms. The summed E-state index contributed by atoms with van der Waals surface area (Å²) in [5.74, 6) is -0.785. The Morgan fingerprint density at radius 2 is 2.29 bits per heavy atom. The van der Waals surface area contributed by atoms with Gasteiger partial charge in [-0.1, -0.05) is 0 Å². The molecule has 0 aliphatic rings. The van der Waals surface area contributed by atoms with E-state index in [9.17, 15) is 9.18 Å². The first-order valence-electron chi connectivity index (χ1n) is 5.04. The summed E-state index contributed by atoms with van der Waals surface area (Å²) in [5.41, 5.74) is 1.28. The van der Waals surface area contributed by atoms with Crippen molar-refractivity contribution in [1.29, 1.82) is 0 Å². The molecule has 1 aromatic heterocycles. The van der Waals surface area contributed by atoms with Crippen LogP contribution in [-0.2, 0) is 11.8 Å². The molecule has 5 nitrogen and oxygen atoms in total. The molecule has 1 aromatic carbocycles. The van der Waals surface area contributed by atoms with E-state index in [1.807, 2.05) is 0 Å². The molecule has 0 aliphatic heterocycles. The van der Waals surface area contributed by atoms with Gasteiger partial charge in [0.15, 0.2) is 0 Å². The zero-order chi connectivity index (χ0) is 12.6. The Morgan fingerprint density at radius 3 is 2.94 bits per heavy atom. The molecule has 6 heteroatoms. The van der Waals surface area contributed by atoms with Crippen molar-refractivity contribution in [3.63, 3.8) is 0 Å². The van der Waals surface area contributed by atoms with Gasteiger partial charge in [0.2, 0.25) is 5.95 Å². The standard InChI is InChI=1S/C11H12FN3O2/c1-14(6-10(16)17)11-13-8-4-3-7(12)5-9(8)15(11)2/h3-5H,6H2,1-2H3,(H,16,17). The van der Waals surface area contributed by atoms with Crippen LogP contribution >= 0.6 is 0 Å². The molecular formula is C11H12FN3O2. The minimum absolute atomic E-state index is 0.153. The Balaban J connectivity index is 2.48. The van der Waals surface area contributed by atoms with Crippen LogP contribution in [0.25, 0.3) is 11.0 Å². The summed E-state index contributed by atoms with van der Waals surface area (Å²) in [4.78, 5) is 16.4. The van der Waals surface area contributed by atoms with E-state index in [4.69, 9.17) is 5.11 Å². The Kier molecular flexibility index (Phi) is 2.71. The van der Waals surface area contributed by atoms with E-state index in [1.54, 1.807) is 24.7 Å². The second kappa shape index (κ2) is 4.04. The molecule has 0 radical (unpaired) electrons. The van der Waals surface area contributed by atoms with Gasteiger partial charge in [0.1, 0.15) is 12.4 Å². The molecule has 0 amide bonds. The van der Waals surface area contributed by atoms with Crippen LogP contribution in [0.15, 0.2) is 18.2 Å². The number of anilines is 1. The number of nitrogens with zero attached hydrogens (tertiary/aromatic N) is 3. The molecule has 0 aliphatic carbocycles. The van der Waals surface area contributed by atoms with E-state index < -0.39 is 5.97 Å². The lowest BCUT2D eigenvalue weighted by atomic mass is 10.3. The van der Waals surface area contributed by atoms with E-state index >= 15 is 0 Å². The predicted molar refractivity (Wildman–Crippen MR) is 61.6 cm³/mol. The third kappa shape index (κ3) is 2.06. The van der Waals surface area contributed by atoms with Crippen LogP contribution in [0.4, 0.5) is 10.3 Å². The second-order valence-corrected chi connectivity index (χ2v) is 3.85. The Hall–Kier alpha value is -2.11. The fraction of sp³-hybridized carbons (Fsp3) is 0.273. The zero-order valence-corrected chi connectivity index (χ0v) is 9.51. The summed E-state index contributed by atoms with van der Waals surface area (Å²) in [7, 11) is 3.36. The SMILES string of the molecule is CN(CC(=O)O)c1nc2ccc(F)cc2n1C. The number of aliphatic carboxylic acids is 1. The molecule has 0 bridgehead atoms. The van der Waals surface area contributed by atoms with Gasteiger partial charge < -0.3 is 14.6 Å². The van der Waals surface area contributed by atoms with Crippen LogP contribution in [0.2, 0.25) is 0 Å². The van der Waals surface area contributed by atoms with Crippen LogP contribution in [0, 0.1) is 5.82 Å². The predicted octanol–water partition coefficient (Wildman–Crippen LogP) is 1.23. The molecule has 0 unspecified atom stereocenters. The molecule has 2 aromatic rings. The molecule has 1 N–H and O–H groups in total. The molecule has 0 atom stereocenters. The lowest BCUT2D eigenvalue weighted by molar-refractivity contribution is -0.135. The third-order valence-electron chi connectivity index (χ3n) is 2.53. The number of imidazole rings is 1. The van der Waals surface area contributed by atoms with Gasteiger partial charge in [0.05, 0.1) is 11.0 Å². The first-order chi connectivity index (χ1) is 7.99. The number of rotatable bonds is 3. The number of likely N-dealkylation sites (N-methyl/N-ethyl adjacent to an activating group) is 1. The van der Waals surface area contributed by atoms with E-state index in [0.29, 0.717) is 17.0 Å². The van der Waals surface area contributed by atoms with Crippen molar-refractivity contribution < 1.29 is 14.3 Å². The lowest BCUT2D eigenvalue weighted by Crippen LogP contribution is -2.27. The van der Waals surface area contributed by atoms with Gasteiger partial charge in [0.25, 0.3) is 0 Å². The maximum Gasteiger partial charge on any atom is 0.323 e. The summed E-state index contributed by atoms with van der Waals surface area (Å²) in [6, 6.07) is 4.28. The minimum Gasteiger partial charge on any atom is -0.480 e. The quantitative estimate of drug-likeness (QED) is 0.872. The Morgan fingerprint density at radius 1 is 1.59 bits per heavy atom. The zero-order valence-electron chi connectivity index (χ0n) is 9.51. The molecule has 90 valence electrons. The summed E-state index contributed by atoms with van der Waals surface area (Å²) in [6.07, 6.45) is 0. The van der Waals surface area contributed by atoms with Gasteiger partial charge in [0, 0.05) is 14.1 Å². The van der Waals surface area contributed by atoms with E-state index in [-0.39, 0.29) is 12.4 Å². The number of fused-ring (bicyclic) bond motifs is 1.